The zero-order valence-corrected chi connectivity index (χ0v) is 17.4. The first-order valence-corrected chi connectivity index (χ1v) is 9.44. The number of amides is 1. The number of nitrogens with one attached hydrogen (secondary N) is 1. The van der Waals surface area contributed by atoms with Gasteiger partial charge < -0.3 is 14.8 Å². The summed E-state index contributed by atoms with van der Waals surface area (Å²) in [5, 5.41) is 2.92. The molecule has 2 aromatic rings. The van der Waals surface area contributed by atoms with Crippen LogP contribution in [0.3, 0.4) is 0 Å². The molecule has 29 heavy (non-hydrogen) atoms. The molecule has 7 heteroatoms. The van der Waals surface area contributed by atoms with Crippen molar-refractivity contribution in [2.75, 3.05) is 19.5 Å². The first kappa shape index (κ1) is 22.6. The van der Waals surface area contributed by atoms with E-state index in [2.05, 4.69) is 23.9 Å². The van der Waals surface area contributed by atoms with Crippen molar-refractivity contribution < 1.29 is 23.0 Å². The third-order valence-electron chi connectivity index (χ3n) is 4.76. The molecule has 0 aliphatic carbocycles. The number of rotatable bonds is 9. The van der Waals surface area contributed by atoms with Crippen LogP contribution in [0.1, 0.15) is 37.8 Å². The Labute approximate surface area is 170 Å². The second-order valence-corrected chi connectivity index (χ2v) is 7.22. The van der Waals surface area contributed by atoms with Gasteiger partial charge in [-0.25, -0.2) is 0 Å². The largest absolute Gasteiger partial charge is 0.493 e. The highest BCUT2D eigenvalue weighted by molar-refractivity contribution is 5.94. The van der Waals surface area contributed by atoms with E-state index in [1.54, 1.807) is 12.1 Å². The van der Waals surface area contributed by atoms with Crippen LogP contribution in [-0.4, -0.2) is 37.6 Å². The molecule has 0 aliphatic rings. The molecule has 2 aromatic carbocycles. The van der Waals surface area contributed by atoms with Crippen LogP contribution in [0.15, 0.2) is 42.5 Å². The fourth-order valence-electron chi connectivity index (χ4n) is 2.83. The van der Waals surface area contributed by atoms with E-state index >= 15 is 0 Å². The van der Waals surface area contributed by atoms with Gasteiger partial charge in [0.25, 0.3) is 0 Å². The summed E-state index contributed by atoms with van der Waals surface area (Å²) in [5.74, 6) is 0.497. The van der Waals surface area contributed by atoms with Gasteiger partial charge in [0.1, 0.15) is 0 Å². The lowest BCUT2D eigenvalue weighted by molar-refractivity contribution is -0.120. The Morgan fingerprint density at radius 2 is 1.72 bits per heavy atom. The van der Waals surface area contributed by atoms with Crippen molar-refractivity contribution in [3.8, 4) is 11.5 Å². The maximum Gasteiger partial charge on any atom is 0.387 e. The Morgan fingerprint density at radius 3 is 2.28 bits per heavy atom. The standard InChI is InChI=1S/C22H28F2N2O3/c1-14(2)17-7-9-18(10-8-17)25-21(27)15(3)26(4)13-16-6-11-19(29-22(23)24)20(12-16)28-5/h6-12,14-15,22H,13H2,1-5H3,(H,25,27)/t15-/m1/s1. The van der Waals surface area contributed by atoms with Crippen LogP contribution in [0.5, 0.6) is 11.5 Å². The second kappa shape index (κ2) is 10.2. The summed E-state index contributed by atoms with van der Waals surface area (Å²) in [4.78, 5) is 14.4. The number of nitrogens with zero attached hydrogens (tertiary/aromatic N) is 1. The molecule has 158 valence electrons. The van der Waals surface area contributed by atoms with Crippen LogP contribution in [0.2, 0.25) is 0 Å². The molecule has 0 bridgehead atoms. The van der Waals surface area contributed by atoms with Crippen LogP contribution in [-0.2, 0) is 11.3 Å². The van der Waals surface area contributed by atoms with Crippen molar-refractivity contribution in [2.45, 2.75) is 45.9 Å². The number of benzene rings is 2. The summed E-state index contributed by atoms with van der Waals surface area (Å²) in [6, 6.07) is 12.1. The first-order valence-electron chi connectivity index (χ1n) is 9.44. The zero-order chi connectivity index (χ0) is 21.6. The number of hydrogen-bond acceptors (Lipinski definition) is 4. The van der Waals surface area contributed by atoms with E-state index in [0.717, 1.165) is 11.3 Å². The van der Waals surface area contributed by atoms with Crippen LogP contribution in [0, 0.1) is 0 Å². The number of likely N-dealkylation sites (N-methyl/N-ethyl adjacent to an activating group) is 1. The average Bonchev–Trinajstić information content (AvgIpc) is 2.68. The maximum atomic E-state index is 12.6. The summed E-state index contributed by atoms with van der Waals surface area (Å²) in [6.07, 6.45) is 0. The van der Waals surface area contributed by atoms with Crippen molar-refractivity contribution >= 4 is 11.6 Å². The highest BCUT2D eigenvalue weighted by atomic mass is 19.3. The Hall–Kier alpha value is -2.67. The van der Waals surface area contributed by atoms with Gasteiger partial charge in [0.15, 0.2) is 11.5 Å². The van der Waals surface area contributed by atoms with Crippen molar-refractivity contribution in [2.24, 2.45) is 0 Å². The van der Waals surface area contributed by atoms with E-state index in [-0.39, 0.29) is 17.4 Å². The van der Waals surface area contributed by atoms with Gasteiger partial charge in [-0.05, 0) is 55.3 Å². The SMILES string of the molecule is COc1cc(CN(C)[C@H](C)C(=O)Nc2ccc(C(C)C)cc2)ccc1OC(F)F. The molecular weight excluding hydrogens is 378 g/mol. The predicted molar refractivity (Wildman–Crippen MR) is 110 cm³/mol. The van der Waals surface area contributed by atoms with Gasteiger partial charge in [-0.15, -0.1) is 0 Å². The average molecular weight is 406 g/mol. The van der Waals surface area contributed by atoms with Crippen molar-refractivity contribution in [3.05, 3.63) is 53.6 Å². The smallest absolute Gasteiger partial charge is 0.387 e. The van der Waals surface area contributed by atoms with Crippen molar-refractivity contribution in [1.82, 2.24) is 4.90 Å². The van der Waals surface area contributed by atoms with Crippen LogP contribution < -0.4 is 14.8 Å². The molecule has 1 atom stereocenters. The number of hydrogen-bond donors (Lipinski definition) is 1. The lowest BCUT2D eigenvalue weighted by Crippen LogP contribution is -2.39. The summed E-state index contributed by atoms with van der Waals surface area (Å²) in [6.45, 7) is 3.56. The third-order valence-corrected chi connectivity index (χ3v) is 4.76. The molecule has 0 saturated heterocycles. The Bertz CT molecular complexity index is 810. The zero-order valence-electron chi connectivity index (χ0n) is 17.4. The molecule has 0 fully saturated rings. The minimum atomic E-state index is -2.92. The topological polar surface area (TPSA) is 50.8 Å². The summed E-state index contributed by atoms with van der Waals surface area (Å²) in [5.41, 5.74) is 2.77. The van der Waals surface area contributed by atoms with Crippen LogP contribution in [0.4, 0.5) is 14.5 Å². The van der Waals surface area contributed by atoms with Gasteiger partial charge in [0.2, 0.25) is 5.91 Å². The van der Waals surface area contributed by atoms with E-state index in [1.807, 2.05) is 43.1 Å². The lowest BCUT2D eigenvalue weighted by Gasteiger charge is -2.24. The van der Waals surface area contributed by atoms with E-state index in [9.17, 15) is 13.6 Å². The molecule has 0 unspecified atom stereocenters. The van der Waals surface area contributed by atoms with Gasteiger partial charge in [0, 0.05) is 12.2 Å². The minimum absolute atomic E-state index is 0.0236. The molecular formula is C22H28F2N2O3. The number of methoxy groups -OCH3 is 1. The molecule has 0 saturated carbocycles. The molecule has 0 heterocycles. The molecule has 0 radical (unpaired) electrons. The van der Waals surface area contributed by atoms with Crippen LogP contribution >= 0.6 is 0 Å². The Kier molecular flexibility index (Phi) is 7.96. The monoisotopic (exact) mass is 406 g/mol. The number of ether oxygens (including phenoxy) is 2. The molecule has 1 amide bonds. The van der Waals surface area contributed by atoms with E-state index in [4.69, 9.17) is 4.74 Å². The first-order chi connectivity index (χ1) is 13.7. The number of anilines is 1. The number of carbonyl (C=O) groups excluding carboxylic acids is 1. The number of halogens is 2. The summed E-state index contributed by atoms with van der Waals surface area (Å²) < 4.78 is 34.5. The maximum absolute atomic E-state index is 12.6. The highest BCUT2D eigenvalue weighted by Gasteiger charge is 2.19. The van der Waals surface area contributed by atoms with Gasteiger partial charge in [-0.2, -0.15) is 8.78 Å². The molecule has 1 N–H and O–H groups in total. The Balaban J connectivity index is 2.00. The van der Waals surface area contributed by atoms with Gasteiger partial charge in [-0.3, -0.25) is 9.69 Å². The number of alkyl halides is 2. The fraction of sp³-hybridized carbons (Fsp3) is 0.409. The van der Waals surface area contributed by atoms with Crippen LogP contribution in [0.25, 0.3) is 0 Å². The molecule has 0 aromatic heterocycles. The minimum Gasteiger partial charge on any atom is -0.493 e. The highest BCUT2D eigenvalue weighted by Crippen LogP contribution is 2.30. The van der Waals surface area contributed by atoms with E-state index < -0.39 is 12.7 Å². The van der Waals surface area contributed by atoms with E-state index in [0.29, 0.717) is 12.5 Å². The van der Waals surface area contributed by atoms with Crippen molar-refractivity contribution in [3.63, 3.8) is 0 Å². The Morgan fingerprint density at radius 1 is 1.07 bits per heavy atom. The van der Waals surface area contributed by atoms with Gasteiger partial charge in [0.05, 0.1) is 13.2 Å². The molecule has 5 nitrogen and oxygen atoms in total. The van der Waals surface area contributed by atoms with Gasteiger partial charge >= 0.3 is 6.61 Å². The fourth-order valence-corrected chi connectivity index (χ4v) is 2.83. The molecule has 0 spiro atoms. The summed E-state index contributed by atoms with van der Waals surface area (Å²) in [7, 11) is 3.21. The third kappa shape index (κ3) is 6.42. The molecule has 2 rings (SSSR count). The summed E-state index contributed by atoms with van der Waals surface area (Å²) >= 11 is 0. The van der Waals surface area contributed by atoms with Gasteiger partial charge in [-0.1, -0.05) is 32.0 Å². The quantitative estimate of drug-likeness (QED) is 0.645. The van der Waals surface area contributed by atoms with E-state index in [1.165, 1.54) is 18.7 Å². The van der Waals surface area contributed by atoms with Crippen molar-refractivity contribution in [1.29, 1.82) is 0 Å². The number of carbonyl (C=O) groups is 1. The normalized spacial score (nSPS) is 12.3. The molecule has 0 aliphatic heterocycles. The predicted octanol–water partition coefficient (Wildman–Crippen LogP) is 4.88. The second-order valence-electron chi connectivity index (χ2n) is 7.22. The lowest BCUT2D eigenvalue weighted by atomic mass is 10.0.